The lowest BCUT2D eigenvalue weighted by Gasteiger charge is -2.36. The molecule has 2 aromatic rings. The van der Waals surface area contributed by atoms with Gasteiger partial charge in [-0.15, -0.1) is 0 Å². The minimum Gasteiger partial charge on any atom is -0.368 e. The lowest BCUT2D eigenvalue weighted by molar-refractivity contribution is -0.143. The number of nitrogens with one attached hydrogen (secondary N) is 1. The number of H-pyrrole nitrogens is 1. The highest BCUT2D eigenvalue weighted by molar-refractivity contribution is 6.30. The molecule has 0 bridgehead atoms. The molecule has 1 N–H and O–H groups in total. The van der Waals surface area contributed by atoms with Gasteiger partial charge in [0.25, 0.3) is 5.91 Å². The fourth-order valence-corrected chi connectivity index (χ4v) is 3.14. The minimum atomic E-state index is -5.20. The summed E-state index contributed by atoms with van der Waals surface area (Å²) < 4.78 is 78.4. The van der Waals surface area contributed by atoms with Crippen LogP contribution in [0.2, 0.25) is 5.02 Å². The van der Waals surface area contributed by atoms with Gasteiger partial charge in [-0.3, -0.25) is 9.89 Å². The Hall–Kier alpha value is -2.43. The Labute approximate surface area is 159 Å². The zero-order valence-corrected chi connectivity index (χ0v) is 14.8. The first-order valence-corrected chi connectivity index (χ1v) is 8.39. The van der Waals surface area contributed by atoms with E-state index in [4.69, 9.17) is 11.6 Å². The summed E-state index contributed by atoms with van der Waals surface area (Å²) in [5.74, 6) is -1.36. The Kier molecular flexibility index (Phi) is 5.22. The Bertz CT molecular complexity index is 839. The van der Waals surface area contributed by atoms with Crippen LogP contribution in [-0.2, 0) is 12.4 Å². The van der Waals surface area contributed by atoms with E-state index in [9.17, 15) is 31.1 Å². The van der Waals surface area contributed by atoms with Crippen LogP contribution in [0.15, 0.2) is 24.3 Å². The number of nitrogens with zero attached hydrogens (tertiary/aromatic N) is 3. The first kappa shape index (κ1) is 20.3. The normalized spacial score (nSPS) is 15.8. The molecule has 1 aromatic heterocycles. The number of piperazine rings is 1. The molecule has 0 atom stereocenters. The van der Waals surface area contributed by atoms with Crippen molar-refractivity contribution >= 4 is 23.2 Å². The second-order valence-electron chi connectivity index (χ2n) is 6.08. The number of hydrogen-bond acceptors (Lipinski definition) is 3. The minimum absolute atomic E-state index is 0.0505. The molecule has 2 heterocycles. The van der Waals surface area contributed by atoms with Gasteiger partial charge in [0, 0.05) is 36.9 Å². The number of benzene rings is 1. The number of aromatic nitrogens is 2. The largest absolute Gasteiger partial charge is 0.435 e. The highest BCUT2D eigenvalue weighted by Crippen LogP contribution is 2.38. The smallest absolute Gasteiger partial charge is 0.368 e. The molecule has 0 spiro atoms. The molecule has 28 heavy (non-hydrogen) atoms. The molecule has 12 heteroatoms. The molecule has 3 rings (SSSR count). The van der Waals surface area contributed by atoms with Gasteiger partial charge >= 0.3 is 12.4 Å². The van der Waals surface area contributed by atoms with Crippen molar-refractivity contribution in [1.29, 1.82) is 0 Å². The molecule has 1 aromatic carbocycles. The van der Waals surface area contributed by atoms with E-state index in [1.165, 1.54) is 5.10 Å². The van der Waals surface area contributed by atoms with Gasteiger partial charge in [-0.25, -0.2) is 0 Å². The number of carbonyl (C=O) groups excluding carboxylic acids is 1. The van der Waals surface area contributed by atoms with Crippen LogP contribution in [0, 0.1) is 0 Å². The van der Waals surface area contributed by atoms with Crippen molar-refractivity contribution in [2.75, 3.05) is 31.1 Å². The standard InChI is InChI=1S/C16H13ClF6N4O/c17-9-2-1-3-10(8-9)26-4-6-27(7-5-26)14(28)11-12(15(18,19)20)24-25-13(11)16(21,22)23/h1-3,8H,4-7H2,(H,24,25). The number of aromatic amines is 1. The molecule has 0 aliphatic carbocycles. The number of rotatable bonds is 2. The van der Waals surface area contributed by atoms with Crippen LogP contribution >= 0.6 is 11.6 Å². The molecule has 1 aliphatic heterocycles. The quantitative estimate of drug-likeness (QED) is 0.737. The molecule has 5 nitrogen and oxygen atoms in total. The Morgan fingerprint density at radius 3 is 2.21 bits per heavy atom. The summed E-state index contributed by atoms with van der Waals surface area (Å²) in [7, 11) is 0. The van der Waals surface area contributed by atoms with Crippen LogP contribution in [-0.4, -0.2) is 47.2 Å². The van der Waals surface area contributed by atoms with Gasteiger partial charge in [0.05, 0.1) is 0 Å². The molecule has 1 amide bonds. The van der Waals surface area contributed by atoms with E-state index in [-0.39, 0.29) is 26.2 Å². The van der Waals surface area contributed by atoms with Gasteiger partial charge in [0.15, 0.2) is 11.4 Å². The maximum atomic E-state index is 13.1. The van der Waals surface area contributed by atoms with E-state index in [1.807, 2.05) is 4.90 Å². The van der Waals surface area contributed by atoms with Gasteiger partial charge in [0.1, 0.15) is 5.56 Å². The zero-order valence-electron chi connectivity index (χ0n) is 14.0. The van der Waals surface area contributed by atoms with Gasteiger partial charge in [-0.05, 0) is 18.2 Å². The third-order valence-corrected chi connectivity index (χ3v) is 4.51. The highest BCUT2D eigenvalue weighted by Gasteiger charge is 2.47. The summed E-state index contributed by atoms with van der Waals surface area (Å²) in [6.45, 7) is 0.357. The number of anilines is 1. The summed E-state index contributed by atoms with van der Waals surface area (Å²) in [4.78, 5) is 15.3. The number of amides is 1. The molecule has 0 unspecified atom stereocenters. The van der Waals surface area contributed by atoms with Crippen molar-refractivity contribution in [1.82, 2.24) is 15.1 Å². The number of hydrogen-bond donors (Lipinski definition) is 1. The van der Waals surface area contributed by atoms with Crippen LogP contribution in [0.4, 0.5) is 32.0 Å². The summed E-state index contributed by atoms with van der Waals surface area (Å²) >= 11 is 5.92. The first-order chi connectivity index (χ1) is 13.0. The topological polar surface area (TPSA) is 52.2 Å². The van der Waals surface area contributed by atoms with E-state index in [0.717, 1.165) is 10.6 Å². The van der Waals surface area contributed by atoms with E-state index in [0.29, 0.717) is 5.02 Å². The molecule has 1 aliphatic rings. The Morgan fingerprint density at radius 1 is 1.04 bits per heavy atom. The molecular weight excluding hydrogens is 414 g/mol. The summed E-state index contributed by atoms with van der Waals surface area (Å²) in [5, 5.41) is 4.50. The number of alkyl halides is 6. The Balaban J connectivity index is 1.83. The van der Waals surface area contributed by atoms with Gasteiger partial charge in [0.2, 0.25) is 0 Å². The maximum Gasteiger partial charge on any atom is 0.435 e. The van der Waals surface area contributed by atoms with Crippen molar-refractivity contribution in [3.05, 3.63) is 46.2 Å². The van der Waals surface area contributed by atoms with E-state index < -0.39 is 35.2 Å². The van der Waals surface area contributed by atoms with Crippen LogP contribution < -0.4 is 4.90 Å². The predicted molar refractivity (Wildman–Crippen MR) is 88.2 cm³/mol. The fraction of sp³-hybridized carbons (Fsp3) is 0.375. The molecule has 0 radical (unpaired) electrons. The predicted octanol–water partition coefficient (Wildman–Crippen LogP) is 4.06. The molecular formula is C16H13ClF6N4O. The molecule has 152 valence electrons. The summed E-state index contributed by atoms with van der Waals surface area (Å²) in [6.07, 6.45) is -10.4. The summed E-state index contributed by atoms with van der Waals surface area (Å²) in [6, 6.07) is 6.83. The number of halogens is 7. The number of carbonyl (C=O) groups is 1. The maximum absolute atomic E-state index is 13.1. The van der Waals surface area contributed by atoms with Crippen molar-refractivity contribution in [2.45, 2.75) is 12.4 Å². The second-order valence-corrected chi connectivity index (χ2v) is 6.51. The SMILES string of the molecule is O=C(c1c(C(F)(F)F)n[nH]c1C(F)(F)F)N1CCN(c2cccc(Cl)c2)CC1. The average Bonchev–Trinajstić information content (AvgIpc) is 3.07. The van der Waals surface area contributed by atoms with Crippen LogP contribution in [0.25, 0.3) is 0 Å². The lowest BCUT2D eigenvalue weighted by atomic mass is 10.1. The van der Waals surface area contributed by atoms with Crippen molar-refractivity contribution in [2.24, 2.45) is 0 Å². The lowest BCUT2D eigenvalue weighted by Crippen LogP contribution is -2.49. The second kappa shape index (κ2) is 7.19. The molecule has 0 saturated carbocycles. The zero-order chi connectivity index (χ0) is 20.7. The molecule has 1 saturated heterocycles. The summed E-state index contributed by atoms with van der Waals surface area (Å²) in [5.41, 5.74) is -4.43. The van der Waals surface area contributed by atoms with Crippen LogP contribution in [0.1, 0.15) is 21.7 Å². The van der Waals surface area contributed by atoms with E-state index in [1.54, 1.807) is 24.3 Å². The van der Waals surface area contributed by atoms with Gasteiger partial charge in [-0.2, -0.15) is 31.4 Å². The van der Waals surface area contributed by atoms with Crippen molar-refractivity contribution < 1.29 is 31.1 Å². The van der Waals surface area contributed by atoms with Gasteiger partial charge < -0.3 is 9.80 Å². The first-order valence-electron chi connectivity index (χ1n) is 8.01. The van der Waals surface area contributed by atoms with E-state index >= 15 is 0 Å². The fourth-order valence-electron chi connectivity index (χ4n) is 2.96. The Morgan fingerprint density at radius 2 is 1.68 bits per heavy atom. The monoisotopic (exact) mass is 426 g/mol. The van der Waals surface area contributed by atoms with Crippen molar-refractivity contribution in [3.63, 3.8) is 0 Å². The highest BCUT2D eigenvalue weighted by atomic mass is 35.5. The molecule has 1 fully saturated rings. The average molecular weight is 427 g/mol. The van der Waals surface area contributed by atoms with E-state index in [2.05, 4.69) is 5.10 Å². The van der Waals surface area contributed by atoms with Gasteiger partial charge in [-0.1, -0.05) is 17.7 Å². The third kappa shape index (κ3) is 4.03. The van der Waals surface area contributed by atoms with Crippen LogP contribution in [0.5, 0.6) is 0 Å². The van der Waals surface area contributed by atoms with Crippen molar-refractivity contribution in [3.8, 4) is 0 Å². The third-order valence-electron chi connectivity index (χ3n) is 4.27. The van der Waals surface area contributed by atoms with Crippen LogP contribution in [0.3, 0.4) is 0 Å².